The number of carboxylic acid groups (broad SMARTS) is 2. The van der Waals surface area contributed by atoms with Crippen molar-refractivity contribution in [2.24, 2.45) is 0 Å². The number of nitrogens with zero attached hydrogens (tertiary/aromatic N) is 1. The fourth-order valence-corrected chi connectivity index (χ4v) is 3.02. The predicted molar refractivity (Wildman–Crippen MR) is 92.8 cm³/mol. The number of benzene rings is 2. The van der Waals surface area contributed by atoms with Crippen LogP contribution in [0.4, 0.5) is 9.18 Å². The normalized spacial score (nSPS) is 11.1. The molecule has 8 heteroatoms. The van der Waals surface area contributed by atoms with Crippen LogP contribution in [0.5, 0.6) is 5.75 Å². The number of ether oxygens (including phenoxy) is 1. The molecule has 0 unspecified atom stereocenters. The Kier molecular flexibility index (Phi) is 3.80. The van der Waals surface area contributed by atoms with E-state index in [9.17, 15) is 24.2 Å². The third kappa shape index (κ3) is 2.77. The van der Waals surface area contributed by atoms with Gasteiger partial charge in [0, 0.05) is 22.4 Å². The molecule has 2 aromatic carbocycles. The molecule has 4 aromatic rings. The Hall–Kier alpha value is -3.81. The van der Waals surface area contributed by atoms with E-state index in [4.69, 9.17) is 9.15 Å². The third-order valence-corrected chi connectivity index (χ3v) is 4.22. The van der Waals surface area contributed by atoms with Crippen molar-refractivity contribution in [3.05, 3.63) is 65.8 Å². The van der Waals surface area contributed by atoms with Crippen molar-refractivity contribution < 1.29 is 33.3 Å². The molecule has 136 valence electrons. The quantitative estimate of drug-likeness (QED) is 0.555. The summed E-state index contributed by atoms with van der Waals surface area (Å²) in [6.07, 6.45) is 0.0532. The average molecular weight is 369 g/mol. The standard InChI is InChI=1S/C19H12FNO6/c20-11-4-5-12-10(9-27-17(12)6-11)8-26-16-3-1-2-14-13(16)7-15(18(22)23)21(14)19(24)25/h1-7,9H,8H2,(H,22,23)(H,24,25). The zero-order chi connectivity index (χ0) is 19.1. The minimum atomic E-state index is -1.40. The van der Waals surface area contributed by atoms with Crippen LogP contribution in [0.25, 0.3) is 21.9 Å². The Morgan fingerprint density at radius 1 is 1.11 bits per heavy atom. The predicted octanol–water partition coefficient (Wildman–Crippen LogP) is 4.33. The van der Waals surface area contributed by atoms with Crippen LogP contribution < -0.4 is 4.74 Å². The van der Waals surface area contributed by atoms with Gasteiger partial charge in [0.15, 0.2) is 0 Å². The van der Waals surface area contributed by atoms with Gasteiger partial charge in [-0.15, -0.1) is 0 Å². The van der Waals surface area contributed by atoms with Crippen molar-refractivity contribution in [3.63, 3.8) is 0 Å². The highest BCUT2D eigenvalue weighted by atomic mass is 19.1. The van der Waals surface area contributed by atoms with Gasteiger partial charge in [-0.25, -0.2) is 18.5 Å². The molecule has 0 radical (unpaired) electrons. The van der Waals surface area contributed by atoms with Gasteiger partial charge in [0.1, 0.15) is 29.5 Å². The molecule has 2 heterocycles. The Balaban J connectivity index is 1.72. The van der Waals surface area contributed by atoms with E-state index in [1.165, 1.54) is 30.5 Å². The molecule has 2 N–H and O–H groups in total. The minimum absolute atomic E-state index is 0.0817. The van der Waals surface area contributed by atoms with Crippen LogP contribution >= 0.6 is 0 Å². The number of fused-ring (bicyclic) bond motifs is 2. The molecule has 4 rings (SSSR count). The lowest BCUT2D eigenvalue weighted by Crippen LogP contribution is -2.14. The molecule has 0 bridgehead atoms. The number of aromatic carboxylic acids is 1. The number of furan rings is 1. The Bertz CT molecular complexity index is 1210. The first-order valence-electron chi connectivity index (χ1n) is 7.85. The lowest BCUT2D eigenvalue weighted by molar-refractivity contribution is 0.0684. The van der Waals surface area contributed by atoms with E-state index in [1.807, 2.05) is 0 Å². The van der Waals surface area contributed by atoms with Crippen molar-refractivity contribution in [2.75, 3.05) is 0 Å². The second-order valence-electron chi connectivity index (χ2n) is 5.83. The summed E-state index contributed by atoms with van der Waals surface area (Å²) in [5.74, 6) is -1.45. The summed E-state index contributed by atoms with van der Waals surface area (Å²) in [5, 5.41) is 19.6. The molecule has 0 aliphatic rings. The fraction of sp³-hybridized carbons (Fsp3) is 0.0526. The smallest absolute Gasteiger partial charge is 0.416 e. The molecule has 7 nitrogen and oxygen atoms in total. The van der Waals surface area contributed by atoms with E-state index >= 15 is 0 Å². The summed E-state index contributed by atoms with van der Waals surface area (Å²) in [6, 6.07) is 10.1. The third-order valence-electron chi connectivity index (χ3n) is 4.22. The number of hydrogen-bond donors (Lipinski definition) is 2. The van der Waals surface area contributed by atoms with E-state index in [1.54, 1.807) is 18.2 Å². The zero-order valence-electron chi connectivity index (χ0n) is 13.7. The van der Waals surface area contributed by atoms with Gasteiger partial charge in [0.2, 0.25) is 0 Å². The summed E-state index contributed by atoms with van der Waals surface area (Å²) in [4.78, 5) is 22.8. The Labute approximate surface area is 150 Å². The van der Waals surface area contributed by atoms with Gasteiger partial charge in [-0.2, -0.15) is 0 Å². The highest BCUT2D eigenvalue weighted by Crippen LogP contribution is 2.31. The first-order valence-corrected chi connectivity index (χ1v) is 7.85. The minimum Gasteiger partial charge on any atom is -0.488 e. The van der Waals surface area contributed by atoms with E-state index in [0.29, 0.717) is 32.2 Å². The van der Waals surface area contributed by atoms with Crippen LogP contribution in [0.2, 0.25) is 0 Å². The lowest BCUT2D eigenvalue weighted by Gasteiger charge is -2.07. The first-order chi connectivity index (χ1) is 13.0. The van der Waals surface area contributed by atoms with E-state index in [-0.39, 0.29) is 17.8 Å². The van der Waals surface area contributed by atoms with Crippen LogP contribution in [-0.2, 0) is 6.61 Å². The van der Waals surface area contributed by atoms with E-state index in [0.717, 1.165) is 0 Å². The maximum absolute atomic E-state index is 13.3. The molecule has 2 aromatic heterocycles. The highest BCUT2D eigenvalue weighted by molar-refractivity contribution is 6.02. The monoisotopic (exact) mass is 369 g/mol. The molecule has 0 atom stereocenters. The van der Waals surface area contributed by atoms with Crippen LogP contribution in [0.1, 0.15) is 16.1 Å². The molecule has 0 aliphatic carbocycles. The second kappa shape index (κ2) is 6.17. The molecule has 27 heavy (non-hydrogen) atoms. The topological polar surface area (TPSA) is 102 Å². The van der Waals surface area contributed by atoms with E-state index in [2.05, 4.69) is 0 Å². The Morgan fingerprint density at radius 2 is 1.93 bits per heavy atom. The molecule has 0 amide bonds. The van der Waals surface area contributed by atoms with Crippen LogP contribution in [0, 0.1) is 5.82 Å². The first kappa shape index (κ1) is 16.6. The van der Waals surface area contributed by atoms with Gasteiger partial charge >= 0.3 is 12.1 Å². The number of carboxylic acids is 1. The van der Waals surface area contributed by atoms with Crippen LogP contribution in [0.3, 0.4) is 0 Å². The second-order valence-corrected chi connectivity index (χ2v) is 5.83. The number of rotatable bonds is 4. The number of carbonyl (C=O) groups is 2. The maximum Gasteiger partial charge on any atom is 0.416 e. The summed E-state index contributed by atoms with van der Waals surface area (Å²) in [6.45, 7) is 0.0817. The number of aromatic nitrogens is 1. The SMILES string of the molecule is O=C(O)c1cc2c(OCc3coc4cc(F)ccc34)cccc2n1C(=O)O. The largest absolute Gasteiger partial charge is 0.488 e. The lowest BCUT2D eigenvalue weighted by atomic mass is 10.2. The van der Waals surface area contributed by atoms with Crippen LogP contribution in [-0.4, -0.2) is 26.8 Å². The Morgan fingerprint density at radius 3 is 2.67 bits per heavy atom. The van der Waals surface area contributed by atoms with Gasteiger partial charge in [-0.05, 0) is 30.3 Å². The molecular formula is C19H12FNO6. The van der Waals surface area contributed by atoms with Gasteiger partial charge in [0.05, 0.1) is 11.8 Å². The van der Waals surface area contributed by atoms with Gasteiger partial charge in [0.25, 0.3) is 0 Å². The zero-order valence-corrected chi connectivity index (χ0v) is 13.7. The number of hydrogen-bond acceptors (Lipinski definition) is 4. The summed E-state index contributed by atoms with van der Waals surface area (Å²) < 4.78 is 25.0. The fourth-order valence-electron chi connectivity index (χ4n) is 3.02. The summed E-state index contributed by atoms with van der Waals surface area (Å²) in [7, 11) is 0. The van der Waals surface area contributed by atoms with Gasteiger partial charge in [-0.1, -0.05) is 6.07 Å². The molecule has 0 aliphatic heterocycles. The van der Waals surface area contributed by atoms with Crippen molar-refractivity contribution in [1.29, 1.82) is 0 Å². The molecular weight excluding hydrogens is 357 g/mol. The van der Waals surface area contributed by atoms with E-state index < -0.39 is 17.9 Å². The van der Waals surface area contributed by atoms with Crippen LogP contribution in [0.15, 0.2) is 53.1 Å². The van der Waals surface area contributed by atoms with Crippen molar-refractivity contribution in [1.82, 2.24) is 4.57 Å². The number of halogens is 1. The molecule has 0 saturated carbocycles. The average Bonchev–Trinajstić information content (AvgIpc) is 3.21. The molecule has 0 saturated heterocycles. The molecule has 0 spiro atoms. The highest BCUT2D eigenvalue weighted by Gasteiger charge is 2.21. The van der Waals surface area contributed by atoms with Gasteiger partial charge in [-0.3, -0.25) is 0 Å². The maximum atomic E-state index is 13.3. The summed E-state index contributed by atoms with van der Waals surface area (Å²) in [5.41, 5.74) is 0.893. The van der Waals surface area contributed by atoms with Crippen molar-refractivity contribution in [3.8, 4) is 5.75 Å². The van der Waals surface area contributed by atoms with Crippen molar-refractivity contribution >= 4 is 33.9 Å². The summed E-state index contributed by atoms with van der Waals surface area (Å²) >= 11 is 0. The van der Waals surface area contributed by atoms with Crippen molar-refractivity contribution in [2.45, 2.75) is 6.61 Å². The van der Waals surface area contributed by atoms with Gasteiger partial charge < -0.3 is 19.4 Å². The molecule has 0 fully saturated rings.